The zero-order valence-electron chi connectivity index (χ0n) is 12.1. The summed E-state index contributed by atoms with van der Waals surface area (Å²) in [5, 5.41) is 3.32. The van der Waals surface area contributed by atoms with Crippen LogP contribution in [0.3, 0.4) is 0 Å². The average Bonchev–Trinajstić information content (AvgIpc) is 3.17. The smallest absolute Gasteiger partial charge is 0.225 e. The predicted octanol–water partition coefficient (Wildman–Crippen LogP) is 2.40. The van der Waals surface area contributed by atoms with Crippen LogP contribution < -0.4 is 5.32 Å². The lowest BCUT2D eigenvalue weighted by Gasteiger charge is -2.18. The number of hydrogen-bond acceptors (Lipinski definition) is 3. The molecule has 0 aliphatic heterocycles. The quantitative estimate of drug-likeness (QED) is 0.871. The highest BCUT2D eigenvalue weighted by atomic mass is 35.5. The third-order valence-electron chi connectivity index (χ3n) is 3.39. The van der Waals surface area contributed by atoms with E-state index >= 15 is 0 Å². The van der Waals surface area contributed by atoms with Gasteiger partial charge in [-0.05, 0) is 37.5 Å². The van der Waals surface area contributed by atoms with Crippen LogP contribution in [-0.2, 0) is 14.8 Å². The van der Waals surface area contributed by atoms with E-state index in [2.05, 4.69) is 5.32 Å². The minimum absolute atomic E-state index is 0.0709. The molecule has 116 valence electrons. The second-order valence-electron chi connectivity index (χ2n) is 5.37. The molecule has 1 fully saturated rings. The van der Waals surface area contributed by atoms with E-state index in [1.54, 1.807) is 12.1 Å². The van der Waals surface area contributed by atoms with Crippen LogP contribution in [0.4, 0.5) is 5.69 Å². The van der Waals surface area contributed by atoms with Crippen LogP contribution in [0.5, 0.6) is 0 Å². The van der Waals surface area contributed by atoms with Crippen molar-refractivity contribution in [3.8, 4) is 0 Å². The first-order valence-electron chi connectivity index (χ1n) is 6.80. The molecule has 0 spiro atoms. The van der Waals surface area contributed by atoms with Crippen LogP contribution in [0, 0.1) is 6.92 Å². The number of rotatable bonds is 6. The molecule has 1 N–H and O–H groups in total. The number of carbonyl (C=O) groups excluding carboxylic acids is 1. The molecular weight excluding hydrogens is 312 g/mol. The molecule has 1 aliphatic carbocycles. The molecule has 0 radical (unpaired) electrons. The van der Waals surface area contributed by atoms with E-state index in [0.717, 1.165) is 18.4 Å². The number of anilines is 1. The lowest BCUT2D eigenvalue weighted by Crippen LogP contribution is -2.34. The van der Waals surface area contributed by atoms with Crippen molar-refractivity contribution in [2.24, 2.45) is 0 Å². The summed E-state index contributed by atoms with van der Waals surface area (Å²) in [7, 11) is -3.25. The summed E-state index contributed by atoms with van der Waals surface area (Å²) >= 11 is 6.00. The van der Waals surface area contributed by atoms with Gasteiger partial charge in [0.05, 0.1) is 6.26 Å². The summed E-state index contributed by atoms with van der Waals surface area (Å²) in [4.78, 5) is 11.9. The maximum Gasteiger partial charge on any atom is 0.225 e. The fourth-order valence-electron chi connectivity index (χ4n) is 2.09. The lowest BCUT2D eigenvalue weighted by molar-refractivity contribution is -0.116. The van der Waals surface area contributed by atoms with Crippen molar-refractivity contribution in [2.75, 3.05) is 18.1 Å². The first kappa shape index (κ1) is 16.3. The van der Waals surface area contributed by atoms with Gasteiger partial charge in [-0.2, -0.15) is 4.31 Å². The number of nitrogens with one attached hydrogen (secondary N) is 1. The predicted molar refractivity (Wildman–Crippen MR) is 84.0 cm³/mol. The Balaban J connectivity index is 1.91. The van der Waals surface area contributed by atoms with Crippen molar-refractivity contribution in [3.63, 3.8) is 0 Å². The monoisotopic (exact) mass is 330 g/mol. The summed E-state index contributed by atoms with van der Waals surface area (Å²) in [6.07, 6.45) is 3.07. The Bertz CT molecular complexity index is 642. The summed E-state index contributed by atoms with van der Waals surface area (Å²) in [5.74, 6) is -0.218. The standard InChI is InChI=1S/C14H19ClN2O3S/c1-10-3-4-11(9-13(10)15)16-14(18)7-8-17(12-5-6-12)21(2,19)20/h3-4,9,12H,5-8H2,1-2H3,(H,16,18). The third-order valence-corrected chi connectivity index (χ3v) is 5.13. The van der Waals surface area contributed by atoms with Gasteiger partial charge in [0.2, 0.25) is 15.9 Å². The Morgan fingerprint density at radius 1 is 1.43 bits per heavy atom. The van der Waals surface area contributed by atoms with E-state index in [0.29, 0.717) is 10.7 Å². The van der Waals surface area contributed by atoms with Crippen LogP contribution in [0.25, 0.3) is 0 Å². The topological polar surface area (TPSA) is 66.5 Å². The van der Waals surface area contributed by atoms with Crippen LogP contribution in [0.1, 0.15) is 24.8 Å². The number of hydrogen-bond donors (Lipinski definition) is 1. The van der Waals surface area contributed by atoms with Gasteiger partial charge in [0.25, 0.3) is 0 Å². The molecule has 5 nitrogen and oxygen atoms in total. The average molecular weight is 331 g/mol. The minimum atomic E-state index is -3.25. The molecule has 1 aromatic rings. The maximum atomic E-state index is 11.9. The Morgan fingerprint density at radius 2 is 2.10 bits per heavy atom. The molecular formula is C14H19ClN2O3S. The molecule has 0 aromatic heterocycles. The molecule has 0 unspecified atom stereocenters. The number of aryl methyl sites for hydroxylation is 1. The third kappa shape index (κ3) is 4.69. The number of sulfonamides is 1. The molecule has 0 heterocycles. The highest BCUT2D eigenvalue weighted by Crippen LogP contribution is 2.29. The van der Waals surface area contributed by atoms with Crippen molar-refractivity contribution in [3.05, 3.63) is 28.8 Å². The van der Waals surface area contributed by atoms with Crippen molar-refractivity contribution in [1.29, 1.82) is 0 Å². The van der Waals surface area contributed by atoms with Gasteiger partial charge >= 0.3 is 0 Å². The van der Waals surface area contributed by atoms with Gasteiger partial charge in [-0.25, -0.2) is 8.42 Å². The highest BCUT2D eigenvalue weighted by molar-refractivity contribution is 7.88. The first-order valence-corrected chi connectivity index (χ1v) is 9.03. The zero-order chi connectivity index (χ0) is 15.6. The second-order valence-corrected chi connectivity index (χ2v) is 7.71. The number of halogens is 1. The van der Waals surface area contributed by atoms with Gasteiger partial charge < -0.3 is 5.32 Å². The fraction of sp³-hybridized carbons (Fsp3) is 0.500. The van der Waals surface area contributed by atoms with Gasteiger partial charge in [0.15, 0.2) is 0 Å². The molecule has 0 bridgehead atoms. The van der Waals surface area contributed by atoms with Gasteiger partial charge in [-0.15, -0.1) is 0 Å². The van der Waals surface area contributed by atoms with E-state index < -0.39 is 10.0 Å². The van der Waals surface area contributed by atoms with Crippen LogP contribution in [0.2, 0.25) is 5.02 Å². The number of nitrogens with zero attached hydrogens (tertiary/aromatic N) is 1. The van der Waals surface area contributed by atoms with E-state index in [1.165, 1.54) is 10.6 Å². The van der Waals surface area contributed by atoms with Gasteiger partial charge in [0, 0.05) is 29.7 Å². The van der Waals surface area contributed by atoms with Gasteiger partial charge in [-0.3, -0.25) is 4.79 Å². The first-order chi connectivity index (χ1) is 9.77. The van der Waals surface area contributed by atoms with Gasteiger partial charge in [0.1, 0.15) is 0 Å². The van der Waals surface area contributed by atoms with E-state index in [-0.39, 0.29) is 24.9 Å². The summed E-state index contributed by atoms with van der Waals surface area (Å²) < 4.78 is 24.7. The zero-order valence-corrected chi connectivity index (χ0v) is 13.7. The van der Waals surface area contributed by atoms with Crippen molar-refractivity contribution < 1.29 is 13.2 Å². The number of benzene rings is 1. The Morgan fingerprint density at radius 3 is 2.62 bits per heavy atom. The molecule has 7 heteroatoms. The second kappa shape index (κ2) is 6.34. The van der Waals surface area contributed by atoms with E-state index in [1.807, 2.05) is 13.0 Å². The summed E-state index contributed by atoms with van der Waals surface area (Å²) in [6.45, 7) is 2.10. The molecule has 2 rings (SSSR count). The van der Waals surface area contributed by atoms with Crippen molar-refractivity contribution in [2.45, 2.75) is 32.2 Å². The summed E-state index contributed by atoms with van der Waals surface area (Å²) in [6, 6.07) is 5.35. The van der Waals surface area contributed by atoms with Crippen LogP contribution >= 0.6 is 11.6 Å². The number of amides is 1. The van der Waals surface area contributed by atoms with Gasteiger partial charge in [-0.1, -0.05) is 17.7 Å². The molecule has 1 amide bonds. The largest absolute Gasteiger partial charge is 0.326 e. The molecule has 21 heavy (non-hydrogen) atoms. The van der Waals surface area contributed by atoms with Crippen molar-refractivity contribution >= 4 is 33.2 Å². The van der Waals surface area contributed by atoms with E-state index in [4.69, 9.17) is 11.6 Å². The maximum absolute atomic E-state index is 11.9. The Kier molecular flexibility index (Phi) is 4.91. The van der Waals surface area contributed by atoms with Crippen LogP contribution in [-0.4, -0.2) is 37.5 Å². The minimum Gasteiger partial charge on any atom is -0.326 e. The molecule has 1 aromatic carbocycles. The lowest BCUT2D eigenvalue weighted by atomic mass is 10.2. The molecule has 1 aliphatic rings. The van der Waals surface area contributed by atoms with Crippen molar-refractivity contribution in [1.82, 2.24) is 4.31 Å². The fourth-order valence-corrected chi connectivity index (χ4v) is 3.44. The van der Waals surface area contributed by atoms with E-state index in [9.17, 15) is 13.2 Å². The molecule has 1 saturated carbocycles. The normalized spacial score (nSPS) is 15.2. The SMILES string of the molecule is Cc1ccc(NC(=O)CCN(C2CC2)S(C)(=O)=O)cc1Cl. The molecule has 0 atom stereocenters. The number of carbonyl (C=O) groups is 1. The summed E-state index contributed by atoms with van der Waals surface area (Å²) in [5.41, 5.74) is 1.56. The Labute approximate surface area is 130 Å². The van der Waals surface area contributed by atoms with Crippen LogP contribution in [0.15, 0.2) is 18.2 Å². The highest BCUT2D eigenvalue weighted by Gasteiger charge is 2.34. The molecule has 0 saturated heterocycles. The Hall–Kier alpha value is -1.11.